The predicted molar refractivity (Wildman–Crippen MR) is 252 cm³/mol. The molecule has 5 rings (SSSR count). The zero-order valence-corrected chi connectivity index (χ0v) is 38.7. The van der Waals surface area contributed by atoms with Crippen molar-refractivity contribution in [3.05, 3.63) is 137 Å². The van der Waals surface area contributed by atoms with Gasteiger partial charge in [0.25, 0.3) is 23.6 Å². The molecule has 0 radical (unpaired) electrons. The summed E-state index contributed by atoms with van der Waals surface area (Å²) >= 11 is 37.0. The van der Waals surface area contributed by atoms with Crippen LogP contribution in [-0.4, -0.2) is 47.3 Å². The Morgan fingerprint density at radius 2 is 0.828 bits per heavy atom. The van der Waals surface area contributed by atoms with Gasteiger partial charge in [0.15, 0.2) is 11.6 Å². The Hall–Kier alpha value is -5.74. The molecule has 0 aromatic heterocycles. The van der Waals surface area contributed by atoms with Crippen molar-refractivity contribution < 1.29 is 28.8 Å². The van der Waals surface area contributed by atoms with Crippen molar-refractivity contribution in [3.8, 4) is 0 Å². The van der Waals surface area contributed by atoms with Crippen LogP contribution in [0.25, 0.3) is 0 Å². The molecule has 0 aliphatic heterocycles. The van der Waals surface area contributed by atoms with Gasteiger partial charge in [0.1, 0.15) is 11.4 Å². The fourth-order valence-electron chi connectivity index (χ4n) is 6.05. The topological polar surface area (TPSA) is 200 Å². The van der Waals surface area contributed by atoms with Gasteiger partial charge in [-0.1, -0.05) is 83.5 Å². The number of hydrogen-bond acceptors (Lipinski definition) is 10. The van der Waals surface area contributed by atoms with Gasteiger partial charge in [-0.3, -0.25) is 28.8 Å². The molecule has 0 heterocycles. The second-order valence-electron chi connectivity index (χ2n) is 13.7. The molecule has 64 heavy (non-hydrogen) atoms. The molecule has 0 saturated heterocycles. The van der Waals surface area contributed by atoms with Gasteiger partial charge in [0, 0.05) is 32.5 Å². The standard InChI is InChI=1S/C44H36Cl6N8O6/c1-5-27-28(6-2)34(52-44(64)40(22(4)60)58-56-38-18-24(8-12-30(38)48)42(62)54-36-14-10-26(46)20-32(36)50)16-15-33(27)51-43(63)39(21(3)59)57-55-37-17-23(7-11-29(37)47)41(61)53-35-13-9-25(45)19-31(35)49/h7-20,39-40H,5-6H2,1-4H3,(H,51,63)(H,52,64)(H,53,61)(H,54,62). The molecule has 0 fully saturated rings. The summed E-state index contributed by atoms with van der Waals surface area (Å²) in [4.78, 5) is 78.7. The summed E-state index contributed by atoms with van der Waals surface area (Å²) in [5.41, 5.74) is 2.84. The van der Waals surface area contributed by atoms with E-state index in [0.717, 1.165) is 0 Å². The van der Waals surface area contributed by atoms with E-state index in [1.807, 2.05) is 13.8 Å². The number of nitrogens with one attached hydrogen (secondary N) is 4. The number of ketones is 2. The average Bonchev–Trinajstić information content (AvgIpc) is 3.24. The number of rotatable bonds is 16. The van der Waals surface area contributed by atoms with Crippen molar-refractivity contribution >= 4 is 139 Å². The van der Waals surface area contributed by atoms with E-state index >= 15 is 0 Å². The molecule has 0 bridgehead atoms. The second kappa shape index (κ2) is 22.2. The van der Waals surface area contributed by atoms with Crippen LogP contribution in [0.4, 0.5) is 34.1 Å². The second-order valence-corrected chi connectivity index (χ2v) is 16.3. The monoisotopic (exact) mass is 982 g/mol. The maximum Gasteiger partial charge on any atom is 0.258 e. The summed E-state index contributed by atoms with van der Waals surface area (Å²) in [7, 11) is 0. The number of carbonyl (C=O) groups excluding carboxylic acids is 6. The molecule has 0 aliphatic carbocycles. The maximum atomic E-state index is 13.6. The molecule has 4 N–H and O–H groups in total. The van der Waals surface area contributed by atoms with Crippen LogP contribution in [0.1, 0.15) is 59.5 Å². The fraction of sp³-hybridized carbons (Fsp3) is 0.182. The third kappa shape index (κ3) is 12.5. The molecule has 5 aromatic rings. The number of carbonyl (C=O) groups is 6. The smallest absolute Gasteiger partial charge is 0.258 e. The lowest BCUT2D eigenvalue weighted by molar-refractivity contribution is -0.127. The summed E-state index contributed by atoms with van der Waals surface area (Å²) in [5, 5.41) is 28.3. The van der Waals surface area contributed by atoms with Crippen molar-refractivity contribution in [2.45, 2.75) is 52.6 Å². The normalized spacial score (nSPS) is 12.2. The van der Waals surface area contributed by atoms with E-state index in [4.69, 9.17) is 69.6 Å². The Labute approximate surface area is 397 Å². The molecule has 0 spiro atoms. The van der Waals surface area contributed by atoms with Crippen molar-refractivity contribution in [2.24, 2.45) is 20.5 Å². The van der Waals surface area contributed by atoms with Gasteiger partial charge in [-0.15, -0.1) is 0 Å². The lowest BCUT2D eigenvalue weighted by Gasteiger charge is -2.20. The number of anilines is 4. The van der Waals surface area contributed by atoms with Crippen LogP contribution in [0.2, 0.25) is 30.1 Å². The number of nitrogens with zero attached hydrogens (tertiary/aromatic N) is 4. The van der Waals surface area contributed by atoms with Gasteiger partial charge >= 0.3 is 0 Å². The van der Waals surface area contributed by atoms with E-state index < -0.39 is 47.3 Å². The SMILES string of the molecule is CCc1c(NC(=O)C(N=Nc2cc(C(=O)Nc3ccc(Cl)cc3Cl)ccc2Cl)C(C)=O)ccc(NC(=O)C(N=Nc2cc(C(=O)Nc3ccc(Cl)cc3Cl)ccc2Cl)C(C)=O)c1CC. The van der Waals surface area contributed by atoms with Crippen molar-refractivity contribution in [1.82, 2.24) is 0 Å². The zero-order chi connectivity index (χ0) is 46.8. The van der Waals surface area contributed by atoms with Crippen molar-refractivity contribution in [1.29, 1.82) is 0 Å². The molecule has 14 nitrogen and oxygen atoms in total. The highest BCUT2D eigenvalue weighted by molar-refractivity contribution is 6.38. The van der Waals surface area contributed by atoms with E-state index in [0.29, 0.717) is 56.8 Å². The van der Waals surface area contributed by atoms with Crippen LogP contribution < -0.4 is 21.3 Å². The molecule has 20 heteroatoms. The quantitative estimate of drug-likeness (QED) is 0.0560. The molecular formula is C44H36Cl6N8O6. The minimum Gasteiger partial charge on any atom is -0.323 e. The number of halogens is 6. The van der Waals surface area contributed by atoms with E-state index in [1.54, 1.807) is 12.1 Å². The Kier molecular flexibility index (Phi) is 17.1. The number of benzene rings is 5. The van der Waals surface area contributed by atoms with Gasteiger partial charge in [0.05, 0.1) is 31.5 Å². The Morgan fingerprint density at radius 3 is 1.16 bits per heavy atom. The van der Waals surface area contributed by atoms with Gasteiger partial charge in [-0.25, -0.2) is 0 Å². The van der Waals surface area contributed by atoms with Gasteiger partial charge in [0.2, 0.25) is 12.1 Å². The van der Waals surface area contributed by atoms with Gasteiger partial charge in [-0.2, -0.15) is 20.5 Å². The summed E-state index contributed by atoms with van der Waals surface area (Å²) in [5.74, 6) is -3.98. The van der Waals surface area contributed by atoms with Crippen LogP contribution in [0.5, 0.6) is 0 Å². The third-order valence-corrected chi connectivity index (χ3v) is 11.0. The molecule has 0 saturated carbocycles. The molecular weight excluding hydrogens is 949 g/mol. The highest BCUT2D eigenvalue weighted by atomic mass is 35.5. The number of hydrogen-bond donors (Lipinski definition) is 4. The first-order chi connectivity index (χ1) is 30.4. The van der Waals surface area contributed by atoms with Gasteiger partial charge in [-0.05, 0) is 123 Å². The van der Waals surface area contributed by atoms with E-state index in [2.05, 4.69) is 41.7 Å². The highest BCUT2D eigenvalue weighted by Gasteiger charge is 2.27. The first-order valence-electron chi connectivity index (χ1n) is 19.1. The minimum absolute atomic E-state index is 0.0154. The third-order valence-electron chi connectivity index (χ3n) is 9.26. The van der Waals surface area contributed by atoms with E-state index in [-0.39, 0.29) is 42.6 Å². The summed E-state index contributed by atoms with van der Waals surface area (Å²) in [6.07, 6.45) is 0.756. The average molecular weight is 986 g/mol. The minimum atomic E-state index is -1.61. The number of amides is 4. The molecule has 0 aliphatic rings. The first-order valence-corrected chi connectivity index (χ1v) is 21.4. The predicted octanol–water partition coefficient (Wildman–Crippen LogP) is 12.6. The number of Topliss-reactive ketones (excluding diaryl/α,β-unsaturated/α-hetero) is 2. The van der Waals surface area contributed by atoms with Crippen molar-refractivity contribution in [2.75, 3.05) is 21.3 Å². The van der Waals surface area contributed by atoms with Crippen LogP contribution in [-0.2, 0) is 32.0 Å². The summed E-state index contributed by atoms with van der Waals surface area (Å²) < 4.78 is 0. The molecule has 5 aromatic carbocycles. The largest absolute Gasteiger partial charge is 0.323 e. The fourth-order valence-corrected chi connectivity index (χ4v) is 7.27. The maximum absolute atomic E-state index is 13.6. The Bertz CT molecular complexity index is 2560. The lowest BCUT2D eigenvalue weighted by atomic mass is 9.98. The number of azo groups is 2. The first kappa shape index (κ1) is 49.3. The molecule has 4 amide bonds. The Morgan fingerprint density at radius 1 is 0.469 bits per heavy atom. The summed E-state index contributed by atoms with van der Waals surface area (Å²) in [6, 6.07) is 17.4. The zero-order valence-electron chi connectivity index (χ0n) is 34.2. The van der Waals surface area contributed by atoms with Crippen molar-refractivity contribution in [3.63, 3.8) is 0 Å². The van der Waals surface area contributed by atoms with Crippen LogP contribution >= 0.6 is 69.6 Å². The van der Waals surface area contributed by atoms with E-state index in [9.17, 15) is 28.8 Å². The van der Waals surface area contributed by atoms with E-state index in [1.165, 1.54) is 86.6 Å². The lowest BCUT2D eigenvalue weighted by Crippen LogP contribution is -2.33. The molecule has 330 valence electrons. The van der Waals surface area contributed by atoms with Crippen LogP contribution in [0, 0.1) is 0 Å². The van der Waals surface area contributed by atoms with Crippen LogP contribution in [0.3, 0.4) is 0 Å². The summed E-state index contributed by atoms with van der Waals surface area (Å²) in [6.45, 7) is 6.01. The van der Waals surface area contributed by atoms with Crippen LogP contribution in [0.15, 0.2) is 105 Å². The molecule has 2 atom stereocenters. The molecule has 2 unspecified atom stereocenters. The highest BCUT2D eigenvalue weighted by Crippen LogP contribution is 2.33. The van der Waals surface area contributed by atoms with Gasteiger partial charge < -0.3 is 21.3 Å². The Balaban J connectivity index is 1.31.